The fourth-order valence-electron chi connectivity index (χ4n) is 3.12. The number of halogens is 1. The van der Waals surface area contributed by atoms with E-state index in [1.807, 2.05) is 0 Å². The summed E-state index contributed by atoms with van der Waals surface area (Å²) in [6, 6.07) is 6.85. The average molecular weight is 340 g/mol. The zero-order valence-electron chi connectivity index (χ0n) is 14.6. The third kappa shape index (κ3) is 6.11. The second kappa shape index (κ2) is 9.44. The second-order valence-corrected chi connectivity index (χ2v) is 6.71. The van der Waals surface area contributed by atoms with E-state index < -0.39 is 6.10 Å². The van der Waals surface area contributed by atoms with Crippen molar-refractivity contribution in [3.05, 3.63) is 35.6 Å². The third-order valence-electron chi connectivity index (χ3n) is 4.34. The van der Waals surface area contributed by atoms with E-state index in [-0.39, 0.29) is 25.1 Å². The van der Waals surface area contributed by atoms with Gasteiger partial charge in [-0.15, -0.1) is 0 Å². The lowest BCUT2D eigenvalue weighted by Crippen LogP contribution is -2.54. The van der Waals surface area contributed by atoms with Crippen LogP contribution in [0.15, 0.2) is 24.3 Å². The molecular weight excluding hydrogens is 311 g/mol. The molecule has 1 heterocycles. The first-order valence-electron chi connectivity index (χ1n) is 8.59. The van der Waals surface area contributed by atoms with Gasteiger partial charge in [0.15, 0.2) is 0 Å². The number of rotatable bonds is 8. The van der Waals surface area contributed by atoms with Gasteiger partial charge in [0.2, 0.25) is 0 Å². The molecule has 0 bridgehead atoms. The maximum Gasteiger partial charge on any atom is 0.128 e. The number of nitrogens with zero attached hydrogens (tertiary/aromatic N) is 2. The summed E-state index contributed by atoms with van der Waals surface area (Å²) in [7, 11) is 0. The van der Waals surface area contributed by atoms with E-state index in [2.05, 4.69) is 16.7 Å². The molecule has 1 aromatic rings. The molecule has 5 nitrogen and oxygen atoms in total. The molecule has 0 aliphatic carbocycles. The lowest BCUT2D eigenvalue weighted by molar-refractivity contribution is -0.0119. The Labute approximate surface area is 143 Å². The van der Waals surface area contributed by atoms with Crippen LogP contribution in [0.5, 0.6) is 0 Å². The van der Waals surface area contributed by atoms with Crippen LogP contribution in [0.4, 0.5) is 4.39 Å². The number of aliphatic hydroxyl groups is 2. The van der Waals surface area contributed by atoms with E-state index in [0.29, 0.717) is 24.7 Å². The van der Waals surface area contributed by atoms with E-state index >= 15 is 0 Å². The molecule has 3 atom stereocenters. The molecule has 0 aromatic heterocycles. The van der Waals surface area contributed by atoms with Gasteiger partial charge in [0.1, 0.15) is 5.82 Å². The SMILES string of the molecule is C[C@H](O)CN1CCN(C[C@@H](O)COCc2ccccc2F)C[C@@H]1C. The Bertz CT molecular complexity index is 501. The highest BCUT2D eigenvalue weighted by atomic mass is 19.1. The number of aliphatic hydroxyl groups excluding tert-OH is 2. The predicted molar refractivity (Wildman–Crippen MR) is 91.2 cm³/mol. The normalized spacial score (nSPS) is 22.5. The molecule has 1 fully saturated rings. The molecular formula is C18H29FN2O3. The minimum atomic E-state index is -0.590. The van der Waals surface area contributed by atoms with Crippen molar-refractivity contribution in [1.82, 2.24) is 9.80 Å². The Kier molecular flexibility index (Phi) is 7.58. The molecule has 1 aliphatic heterocycles. The fraction of sp³-hybridized carbons (Fsp3) is 0.667. The van der Waals surface area contributed by atoms with Gasteiger partial charge < -0.3 is 14.9 Å². The van der Waals surface area contributed by atoms with Crippen LogP contribution in [-0.4, -0.2) is 77.6 Å². The molecule has 1 saturated heterocycles. The molecule has 136 valence electrons. The largest absolute Gasteiger partial charge is 0.392 e. The van der Waals surface area contributed by atoms with Crippen molar-refractivity contribution in [3.63, 3.8) is 0 Å². The maximum absolute atomic E-state index is 13.5. The minimum absolute atomic E-state index is 0.169. The van der Waals surface area contributed by atoms with Crippen molar-refractivity contribution in [2.45, 2.75) is 38.7 Å². The van der Waals surface area contributed by atoms with Crippen molar-refractivity contribution >= 4 is 0 Å². The van der Waals surface area contributed by atoms with E-state index in [1.165, 1.54) is 6.07 Å². The zero-order chi connectivity index (χ0) is 17.5. The molecule has 2 N–H and O–H groups in total. The van der Waals surface area contributed by atoms with Crippen LogP contribution in [0.3, 0.4) is 0 Å². The van der Waals surface area contributed by atoms with E-state index in [1.54, 1.807) is 25.1 Å². The monoisotopic (exact) mass is 340 g/mol. The van der Waals surface area contributed by atoms with E-state index in [0.717, 1.165) is 19.6 Å². The summed E-state index contributed by atoms with van der Waals surface area (Å²) in [5.74, 6) is -0.282. The second-order valence-electron chi connectivity index (χ2n) is 6.71. The van der Waals surface area contributed by atoms with Crippen molar-refractivity contribution in [2.24, 2.45) is 0 Å². The van der Waals surface area contributed by atoms with Crippen LogP contribution in [0.1, 0.15) is 19.4 Å². The van der Waals surface area contributed by atoms with Crippen molar-refractivity contribution in [1.29, 1.82) is 0 Å². The Hall–Kier alpha value is -1.05. The molecule has 0 saturated carbocycles. The van der Waals surface area contributed by atoms with Crippen LogP contribution in [0, 0.1) is 5.82 Å². The van der Waals surface area contributed by atoms with Gasteiger partial charge in [0, 0.05) is 44.3 Å². The third-order valence-corrected chi connectivity index (χ3v) is 4.34. The highest BCUT2D eigenvalue weighted by molar-refractivity contribution is 5.16. The van der Waals surface area contributed by atoms with Crippen molar-refractivity contribution in [2.75, 3.05) is 39.3 Å². The first kappa shape index (κ1) is 19.3. The van der Waals surface area contributed by atoms with Crippen LogP contribution < -0.4 is 0 Å². The van der Waals surface area contributed by atoms with Gasteiger partial charge in [-0.3, -0.25) is 9.80 Å². The predicted octanol–water partition coefficient (Wildman–Crippen LogP) is 1.09. The number of piperazine rings is 1. The number of β-amino-alcohol motifs (C(OH)–C–C–N with tert-alkyl or cyclic N) is 2. The average Bonchev–Trinajstić information content (AvgIpc) is 2.51. The van der Waals surface area contributed by atoms with Crippen LogP contribution >= 0.6 is 0 Å². The molecule has 0 spiro atoms. The van der Waals surface area contributed by atoms with Gasteiger partial charge >= 0.3 is 0 Å². The quantitative estimate of drug-likeness (QED) is 0.742. The van der Waals surface area contributed by atoms with Gasteiger partial charge in [-0.25, -0.2) is 4.39 Å². The summed E-state index contributed by atoms with van der Waals surface area (Å²) in [4.78, 5) is 4.47. The van der Waals surface area contributed by atoms with Gasteiger partial charge in [0.05, 0.1) is 25.4 Å². The van der Waals surface area contributed by atoms with Gasteiger partial charge in [-0.2, -0.15) is 0 Å². The summed E-state index contributed by atoms with van der Waals surface area (Å²) in [5.41, 5.74) is 0.505. The molecule has 2 rings (SSSR count). The number of ether oxygens (including phenoxy) is 1. The summed E-state index contributed by atoms with van der Waals surface area (Å²) in [5, 5.41) is 19.6. The Morgan fingerprint density at radius 3 is 2.67 bits per heavy atom. The van der Waals surface area contributed by atoms with E-state index in [4.69, 9.17) is 4.74 Å². The summed E-state index contributed by atoms with van der Waals surface area (Å²) in [6.45, 7) is 8.13. The summed E-state index contributed by atoms with van der Waals surface area (Å²) < 4.78 is 18.9. The molecule has 0 unspecified atom stereocenters. The topological polar surface area (TPSA) is 56.2 Å². The number of benzene rings is 1. The summed E-state index contributed by atoms with van der Waals surface area (Å²) >= 11 is 0. The van der Waals surface area contributed by atoms with Crippen molar-refractivity contribution in [3.8, 4) is 0 Å². The van der Waals surface area contributed by atoms with Gasteiger partial charge in [-0.1, -0.05) is 18.2 Å². The van der Waals surface area contributed by atoms with Gasteiger partial charge in [-0.05, 0) is 19.9 Å². The number of hydrogen-bond donors (Lipinski definition) is 2. The van der Waals surface area contributed by atoms with Crippen molar-refractivity contribution < 1.29 is 19.3 Å². The van der Waals surface area contributed by atoms with Crippen LogP contribution in [-0.2, 0) is 11.3 Å². The molecule has 0 radical (unpaired) electrons. The summed E-state index contributed by atoms with van der Waals surface area (Å²) in [6.07, 6.45) is -0.913. The minimum Gasteiger partial charge on any atom is -0.392 e. The van der Waals surface area contributed by atoms with Crippen LogP contribution in [0.25, 0.3) is 0 Å². The standard InChI is InChI=1S/C18H29FN2O3/c1-14-9-20(7-8-21(14)10-15(2)22)11-17(23)13-24-12-16-5-3-4-6-18(16)19/h3-6,14-15,17,22-23H,7-13H2,1-2H3/t14-,15-,17+/m0/s1. The smallest absolute Gasteiger partial charge is 0.128 e. The van der Waals surface area contributed by atoms with Gasteiger partial charge in [0.25, 0.3) is 0 Å². The molecule has 1 aromatic carbocycles. The lowest BCUT2D eigenvalue weighted by Gasteiger charge is -2.41. The Morgan fingerprint density at radius 2 is 2.00 bits per heavy atom. The highest BCUT2D eigenvalue weighted by Crippen LogP contribution is 2.11. The lowest BCUT2D eigenvalue weighted by atomic mass is 10.1. The zero-order valence-corrected chi connectivity index (χ0v) is 14.6. The van der Waals surface area contributed by atoms with Crippen LogP contribution in [0.2, 0.25) is 0 Å². The Morgan fingerprint density at radius 1 is 1.25 bits per heavy atom. The first-order chi connectivity index (χ1) is 11.5. The molecule has 6 heteroatoms. The molecule has 1 aliphatic rings. The van der Waals surface area contributed by atoms with E-state index in [9.17, 15) is 14.6 Å². The number of hydrogen-bond acceptors (Lipinski definition) is 5. The first-order valence-corrected chi connectivity index (χ1v) is 8.59. The molecule has 24 heavy (non-hydrogen) atoms. The highest BCUT2D eigenvalue weighted by Gasteiger charge is 2.25. The fourth-order valence-corrected chi connectivity index (χ4v) is 3.12. The Balaban J connectivity index is 1.68. The maximum atomic E-state index is 13.5. The molecule has 0 amide bonds.